The number of amides is 2. The summed E-state index contributed by atoms with van der Waals surface area (Å²) in [6.45, 7) is 0. The second-order valence-electron chi connectivity index (χ2n) is 3.02. The van der Waals surface area contributed by atoms with E-state index in [1.54, 1.807) is 24.3 Å². The van der Waals surface area contributed by atoms with Crippen molar-refractivity contribution >= 4 is 29.1 Å². The maximum Gasteiger partial charge on any atom is 0.239 e. The van der Waals surface area contributed by atoms with Crippen molar-refractivity contribution in [3.8, 4) is 0 Å². The summed E-state index contributed by atoms with van der Waals surface area (Å²) in [7, 11) is 0. The number of anilines is 1. The Kier molecular flexibility index (Phi) is 4.12. The average Bonchev–Trinajstić information content (AvgIpc) is 2.20. The summed E-state index contributed by atoms with van der Waals surface area (Å²) in [5.74, 6) is -0.727. The summed E-state index contributed by atoms with van der Waals surface area (Å²) < 4.78 is 0. The van der Waals surface area contributed by atoms with Crippen LogP contribution >= 0.6 is 11.6 Å². The van der Waals surface area contributed by atoms with Gasteiger partial charge in [0.05, 0.1) is 6.42 Å². The normalized spacial score (nSPS) is 9.67. The minimum atomic E-state index is -0.382. The maximum atomic E-state index is 10.9. The van der Waals surface area contributed by atoms with Gasteiger partial charge in [-0.1, -0.05) is 12.1 Å². The van der Waals surface area contributed by atoms with Crippen LogP contribution in [0.1, 0.15) is 5.56 Å². The first-order chi connectivity index (χ1) is 7.11. The van der Waals surface area contributed by atoms with E-state index in [0.29, 0.717) is 5.69 Å². The summed E-state index contributed by atoms with van der Waals surface area (Å²) in [6, 6.07) is 6.86. The Morgan fingerprint density at radius 3 is 2.33 bits per heavy atom. The van der Waals surface area contributed by atoms with E-state index in [4.69, 9.17) is 17.3 Å². The van der Waals surface area contributed by atoms with Crippen molar-refractivity contribution < 1.29 is 9.59 Å². The number of halogens is 1. The predicted molar refractivity (Wildman–Crippen MR) is 58.7 cm³/mol. The number of nitrogens with two attached hydrogens (primary N) is 1. The van der Waals surface area contributed by atoms with Gasteiger partial charge in [0.25, 0.3) is 0 Å². The molecule has 0 atom stereocenters. The number of primary amides is 1. The Hall–Kier alpha value is -1.55. The van der Waals surface area contributed by atoms with Gasteiger partial charge in [0.15, 0.2) is 0 Å². The zero-order valence-electron chi connectivity index (χ0n) is 8.00. The van der Waals surface area contributed by atoms with Crippen LogP contribution in [0.5, 0.6) is 0 Å². The number of alkyl halides is 1. The van der Waals surface area contributed by atoms with E-state index in [9.17, 15) is 9.59 Å². The number of carbonyl (C=O) groups is 2. The molecule has 80 valence electrons. The van der Waals surface area contributed by atoms with Gasteiger partial charge < -0.3 is 11.1 Å². The quantitative estimate of drug-likeness (QED) is 0.749. The first-order valence-corrected chi connectivity index (χ1v) is 4.88. The number of nitrogens with one attached hydrogen (secondary N) is 1. The number of rotatable bonds is 4. The van der Waals surface area contributed by atoms with Crippen molar-refractivity contribution in [3.63, 3.8) is 0 Å². The summed E-state index contributed by atoms with van der Waals surface area (Å²) in [5.41, 5.74) is 6.50. The molecule has 3 N–H and O–H groups in total. The lowest BCUT2D eigenvalue weighted by Crippen LogP contribution is -2.14. The molecule has 15 heavy (non-hydrogen) atoms. The standard InChI is InChI=1S/C10H11ClN2O2/c11-6-10(15)13-8-3-1-7(2-4-8)5-9(12)14/h1-4H,5-6H2,(H2,12,14)(H,13,15). The SMILES string of the molecule is NC(=O)Cc1ccc(NC(=O)CCl)cc1. The Labute approximate surface area is 92.4 Å². The highest BCUT2D eigenvalue weighted by Gasteiger charge is 2.01. The number of hydrogen-bond acceptors (Lipinski definition) is 2. The molecule has 4 nitrogen and oxygen atoms in total. The Morgan fingerprint density at radius 1 is 1.27 bits per heavy atom. The molecule has 1 aromatic rings. The molecule has 0 unspecified atom stereocenters. The molecule has 0 saturated carbocycles. The zero-order valence-corrected chi connectivity index (χ0v) is 8.75. The molecule has 0 aliphatic carbocycles. The van der Waals surface area contributed by atoms with E-state index in [1.165, 1.54) is 0 Å². The lowest BCUT2D eigenvalue weighted by molar-refractivity contribution is -0.117. The lowest BCUT2D eigenvalue weighted by Gasteiger charge is -2.03. The van der Waals surface area contributed by atoms with Gasteiger partial charge in [-0.15, -0.1) is 11.6 Å². The number of carbonyl (C=O) groups excluding carboxylic acids is 2. The van der Waals surface area contributed by atoms with E-state index in [-0.39, 0.29) is 24.1 Å². The van der Waals surface area contributed by atoms with Crippen molar-refractivity contribution in [3.05, 3.63) is 29.8 Å². The first-order valence-electron chi connectivity index (χ1n) is 4.35. The number of benzene rings is 1. The molecule has 1 rings (SSSR count). The van der Waals surface area contributed by atoms with Gasteiger partial charge in [-0.05, 0) is 17.7 Å². The summed E-state index contributed by atoms with van der Waals surface area (Å²) in [4.78, 5) is 21.5. The fourth-order valence-electron chi connectivity index (χ4n) is 1.10. The molecule has 0 aliphatic heterocycles. The summed E-state index contributed by atoms with van der Waals surface area (Å²) in [6.07, 6.45) is 0.198. The van der Waals surface area contributed by atoms with E-state index in [0.717, 1.165) is 5.56 Å². The molecule has 0 heterocycles. The van der Waals surface area contributed by atoms with Crippen molar-refractivity contribution in [1.82, 2.24) is 0 Å². The van der Waals surface area contributed by atoms with Crippen LogP contribution in [0, 0.1) is 0 Å². The Balaban J connectivity index is 2.64. The van der Waals surface area contributed by atoms with Crippen LogP contribution in [0.25, 0.3) is 0 Å². The van der Waals surface area contributed by atoms with Gasteiger partial charge in [0, 0.05) is 5.69 Å². The molecule has 2 amide bonds. The van der Waals surface area contributed by atoms with Crippen LogP contribution in [-0.4, -0.2) is 17.7 Å². The zero-order chi connectivity index (χ0) is 11.3. The second kappa shape index (κ2) is 5.36. The van der Waals surface area contributed by atoms with Gasteiger partial charge in [0.2, 0.25) is 11.8 Å². The molecular weight excluding hydrogens is 216 g/mol. The molecule has 0 radical (unpaired) electrons. The van der Waals surface area contributed by atoms with Gasteiger partial charge >= 0.3 is 0 Å². The molecule has 0 fully saturated rings. The number of hydrogen-bond donors (Lipinski definition) is 2. The molecule has 0 aliphatic rings. The molecule has 0 bridgehead atoms. The third kappa shape index (κ3) is 3.99. The van der Waals surface area contributed by atoms with Crippen LogP contribution in [-0.2, 0) is 16.0 Å². The summed E-state index contributed by atoms with van der Waals surface area (Å²) >= 11 is 5.33. The molecule has 0 aromatic heterocycles. The lowest BCUT2D eigenvalue weighted by atomic mass is 10.1. The average molecular weight is 227 g/mol. The van der Waals surface area contributed by atoms with Crippen molar-refractivity contribution in [2.24, 2.45) is 5.73 Å². The molecule has 0 spiro atoms. The van der Waals surface area contributed by atoms with Crippen LogP contribution in [0.3, 0.4) is 0 Å². The highest BCUT2D eigenvalue weighted by Crippen LogP contribution is 2.09. The van der Waals surface area contributed by atoms with Crippen LogP contribution in [0.4, 0.5) is 5.69 Å². The van der Waals surface area contributed by atoms with E-state index in [2.05, 4.69) is 5.32 Å². The highest BCUT2D eigenvalue weighted by molar-refractivity contribution is 6.29. The fraction of sp³-hybridized carbons (Fsp3) is 0.200. The van der Waals surface area contributed by atoms with Crippen molar-refractivity contribution in [2.75, 3.05) is 11.2 Å². The van der Waals surface area contributed by atoms with Crippen LogP contribution in [0.2, 0.25) is 0 Å². The second-order valence-corrected chi connectivity index (χ2v) is 3.29. The van der Waals surface area contributed by atoms with E-state index >= 15 is 0 Å². The largest absolute Gasteiger partial charge is 0.369 e. The van der Waals surface area contributed by atoms with Crippen molar-refractivity contribution in [2.45, 2.75) is 6.42 Å². The van der Waals surface area contributed by atoms with Crippen LogP contribution in [0.15, 0.2) is 24.3 Å². The van der Waals surface area contributed by atoms with Gasteiger partial charge in [0.1, 0.15) is 5.88 Å². The monoisotopic (exact) mass is 226 g/mol. The molecular formula is C10H11ClN2O2. The predicted octanol–water partition coefficient (Wildman–Crippen LogP) is 0.892. The van der Waals surface area contributed by atoms with Crippen LogP contribution < -0.4 is 11.1 Å². The topological polar surface area (TPSA) is 72.2 Å². The Bertz CT molecular complexity index is 362. The summed E-state index contributed by atoms with van der Waals surface area (Å²) in [5, 5.41) is 2.59. The maximum absolute atomic E-state index is 10.9. The molecule has 0 saturated heterocycles. The first kappa shape index (κ1) is 11.5. The third-order valence-corrected chi connectivity index (χ3v) is 1.98. The highest BCUT2D eigenvalue weighted by atomic mass is 35.5. The van der Waals surface area contributed by atoms with Gasteiger partial charge in [-0.25, -0.2) is 0 Å². The smallest absolute Gasteiger partial charge is 0.239 e. The molecule has 1 aromatic carbocycles. The minimum absolute atomic E-state index is 0.0803. The van der Waals surface area contributed by atoms with Gasteiger partial charge in [-0.2, -0.15) is 0 Å². The molecule has 5 heteroatoms. The van der Waals surface area contributed by atoms with E-state index in [1.807, 2.05) is 0 Å². The minimum Gasteiger partial charge on any atom is -0.369 e. The van der Waals surface area contributed by atoms with E-state index < -0.39 is 0 Å². The van der Waals surface area contributed by atoms with Gasteiger partial charge in [-0.3, -0.25) is 9.59 Å². The fourth-order valence-corrected chi connectivity index (χ4v) is 1.17. The third-order valence-electron chi connectivity index (χ3n) is 1.74. The van der Waals surface area contributed by atoms with Crippen molar-refractivity contribution in [1.29, 1.82) is 0 Å². The Morgan fingerprint density at radius 2 is 1.87 bits per heavy atom.